The molecule has 0 aliphatic heterocycles. The van der Waals surface area contributed by atoms with Crippen molar-refractivity contribution in [3.05, 3.63) is 23.8 Å². The first-order valence-electron chi connectivity index (χ1n) is 9.82. The summed E-state index contributed by atoms with van der Waals surface area (Å²) >= 11 is 0. The van der Waals surface area contributed by atoms with Crippen LogP contribution in [0.4, 0.5) is 0 Å². The summed E-state index contributed by atoms with van der Waals surface area (Å²) in [7, 11) is 0. The maximum absolute atomic E-state index is 13.3. The molecule has 148 valence electrons. The van der Waals surface area contributed by atoms with Crippen LogP contribution in [0.2, 0.25) is 0 Å². The number of rotatable bonds is 1. The van der Waals surface area contributed by atoms with Crippen LogP contribution in [-0.4, -0.2) is 34.9 Å². The molecular weight excluding hydrogens is 344 g/mol. The second-order valence-corrected chi connectivity index (χ2v) is 9.22. The van der Waals surface area contributed by atoms with Gasteiger partial charge in [-0.2, -0.15) is 0 Å². The van der Waals surface area contributed by atoms with E-state index in [1.54, 1.807) is 6.08 Å². The van der Waals surface area contributed by atoms with E-state index < -0.39 is 16.9 Å². The van der Waals surface area contributed by atoms with Gasteiger partial charge in [-0.15, -0.1) is 0 Å². The molecule has 5 nitrogen and oxygen atoms in total. The van der Waals surface area contributed by atoms with Gasteiger partial charge in [0.05, 0.1) is 6.10 Å². The van der Waals surface area contributed by atoms with Crippen LogP contribution in [0.5, 0.6) is 0 Å². The number of fused-ring (bicyclic) bond motifs is 2. The number of hydrogen-bond donors (Lipinski definition) is 1. The zero-order valence-corrected chi connectivity index (χ0v) is 16.7. The third-order valence-corrected chi connectivity index (χ3v) is 7.25. The summed E-state index contributed by atoms with van der Waals surface area (Å²) in [5, 5.41) is 10.9. The number of aliphatic hydroxyl groups excluding tert-OH is 1. The monoisotopic (exact) mass is 374 g/mol. The van der Waals surface area contributed by atoms with Crippen LogP contribution in [0.1, 0.15) is 59.8 Å². The predicted octanol–water partition coefficient (Wildman–Crippen LogP) is 3.16. The van der Waals surface area contributed by atoms with Crippen molar-refractivity contribution >= 4 is 17.5 Å². The first-order chi connectivity index (χ1) is 12.5. The summed E-state index contributed by atoms with van der Waals surface area (Å²) in [6.45, 7) is 11.3. The Morgan fingerprint density at radius 3 is 2.56 bits per heavy atom. The van der Waals surface area contributed by atoms with Gasteiger partial charge in [0.1, 0.15) is 11.9 Å². The largest absolute Gasteiger partial charge is 0.462 e. The van der Waals surface area contributed by atoms with Crippen LogP contribution in [0.15, 0.2) is 23.8 Å². The number of allylic oxidation sites excluding steroid dienone is 2. The molecule has 1 fully saturated rings. The highest BCUT2D eigenvalue weighted by atomic mass is 16.5. The van der Waals surface area contributed by atoms with E-state index >= 15 is 0 Å². The Kier molecular flexibility index (Phi) is 4.96. The Balaban J connectivity index is 2.02. The van der Waals surface area contributed by atoms with Crippen molar-refractivity contribution in [1.82, 2.24) is 0 Å². The fourth-order valence-corrected chi connectivity index (χ4v) is 5.52. The molecule has 0 aromatic heterocycles. The predicted molar refractivity (Wildman–Crippen MR) is 101 cm³/mol. The normalized spacial score (nSPS) is 38.9. The topological polar surface area (TPSA) is 80.7 Å². The average molecular weight is 374 g/mol. The summed E-state index contributed by atoms with van der Waals surface area (Å²) in [6, 6.07) is 0. The number of carbonyl (C=O) groups excluding carboxylic acids is 3. The van der Waals surface area contributed by atoms with Crippen molar-refractivity contribution < 1.29 is 24.2 Å². The maximum atomic E-state index is 13.3. The van der Waals surface area contributed by atoms with Crippen molar-refractivity contribution in [3.8, 4) is 0 Å². The molecule has 5 heteroatoms. The van der Waals surface area contributed by atoms with E-state index in [-0.39, 0.29) is 35.5 Å². The van der Waals surface area contributed by atoms with Crippen molar-refractivity contribution in [2.75, 3.05) is 0 Å². The molecule has 0 spiro atoms. The molecule has 0 radical (unpaired) electrons. The average Bonchev–Trinajstić information content (AvgIpc) is 2.86. The second-order valence-electron chi connectivity index (χ2n) is 9.22. The Morgan fingerprint density at radius 1 is 1.26 bits per heavy atom. The van der Waals surface area contributed by atoms with E-state index in [4.69, 9.17) is 4.74 Å². The highest BCUT2D eigenvalue weighted by Crippen LogP contribution is 2.56. The summed E-state index contributed by atoms with van der Waals surface area (Å²) in [4.78, 5) is 37.4. The van der Waals surface area contributed by atoms with Gasteiger partial charge in [0, 0.05) is 35.7 Å². The Morgan fingerprint density at radius 2 is 1.93 bits per heavy atom. The van der Waals surface area contributed by atoms with Crippen molar-refractivity contribution in [2.24, 2.45) is 22.7 Å². The molecule has 0 aromatic rings. The third-order valence-electron chi connectivity index (χ3n) is 7.25. The van der Waals surface area contributed by atoms with Crippen molar-refractivity contribution in [1.29, 1.82) is 0 Å². The molecule has 1 saturated carbocycles. The lowest BCUT2D eigenvalue weighted by Crippen LogP contribution is -2.55. The van der Waals surface area contributed by atoms with Crippen LogP contribution in [0.25, 0.3) is 0 Å². The number of carbonyl (C=O) groups is 3. The van der Waals surface area contributed by atoms with Gasteiger partial charge in [-0.3, -0.25) is 14.4 Å². The fraction of sp³-hybridized carbons (Fsp3) is 0.682. The Hall–Kier alpha value is -1.75. The van der Waals surface area contributed by atoms with Crippen LogP contribution in [0.3, 0.4) is 0 Å². The van der Waals surface area contributed by atoms with Crippen molar-refractivity contribution in [2.45, 2.75) is 72.0 Å². The standard InChI is InChI=1S/C22H30O5/c1-12-14-6-7-18(25)22(5)9-8-19(27-13(2)23)21(3,4)17(22)11-16(24)15(10-14)20(12)26/h10,14,16-17,19,24H,1,6-9,11H2,2-5H3/t14-,16-,17-,19+,22-/m1/s1. The summed E-state index contributed by atoms with van der Waals surface area (Å²) in [6.07, 6.45) is 3.02. The van der Waals surface area contributed by atoms with Crippen LogP contribution < -0.4 is 0 Å². The van der Waals surface area contributed by atoms with E-state index in [0.717, 1.165) is 0 Å². The van der Waals surface area contributed by atoms with E-state index in [9.17, 15) is 19.5 Å². The van der Waals surface area contributed by atoms with Gasteiger partial charge in [0.25, 0.3) is 0 Å². The van der Waals surface area contributed by atoms with Gasteiger partial charge in [0.2, 0.25) is 0 Å². The van der Waals surface area contributed by atoms with E-state index in [2.05, 4.69) is 6.58 Å². The quantitative estimate of drug-likeness (QED) is 0.563. The van der Waals surface area contributed by atoms with Gasteiger partial charge in [-0.05, 0) is 37.2 Å². The molecule has 0 saturated heterocycles. The van der Waals surface area contributed by atoms with Gasteiger partial charge in [-0.25, -0.2) is 0 Å². The summed E-state index contributed by atoms with van der Waals surface area (Å²) < 4.78 is 5.57. The molecule has 3 aliphatic rings. The fourth-order valence-electron chi connectivity index (χ4n) is 5.52. The molecule has 0 unspecified atom stereocenters. The summed E-state index contributed by atoms with van der Waals surface area (Å²) in [5.74, 6) is -0.718. The third kappa shape index (κ3) is 3.20. The number of Topliss-reactive ketones (excluding diaryl/α,β-unsaturated/α-hetero) is 2. The molecule has 0 aromatic carbocycles. The SMILES string of the molecule is C=C1C(=O)C2=C[C@H]1CCC(=O)[C@]1(C)CC[C@H](OC(C)=O)C(C)(C)[C@H]1C[C@H]2O. The van der Waals surface area contributed by atoms with Gasteiger partial charge in [0.15, 0.2) is 5.78 Å². The molecule has 0 heterocycles. The lowest BCUT2D eigenvalue weighted by molar-refractivity contribution is -0.173. The molecule has 5 atom stereocenters. The lowest BCUT2D eigenvalue weighted by Gasteiger charge is -2.54. The lowest BCUT2D eigenvalue weighted by atomic mass is 9.52. The zero-order chi connectivity index (χ0) is 20.1. The van der Waals surface area contributed by atoms with E-state index in [0.29, 0.717) is 43.3 Å². The Bertz CT molecular complexity index is 731. The van der Waals surface area contributed by atoms with Gasteiger partial charge >= 0.3 is 5.97 Å². The van der Waals surface area contributed by atoms with E-state index in [1.165, 1.54) is 6.92 Å². The molecule has 0 amide bonds. The number of ether oxygens (including phenoxy) is 1. The first-order valence-corrected chi connectivity index (χ1v) is 9.82. The van der Waals surface area contributed by atoms with Crippen LogP contribution in [0, 0.1) is 22.7 Å². The van der Waals surface area contributed by atoms with Crippen LogP contribution in [-0.2, 0) is 19.1 Å². The maximum Gasteiger partial charge on any atom is 0.302 e. The first kappa shape index (κ1) is 20.0. The second kappa shape index (κ2) is 6.69. The number of aliphatic hydroxyl groups is 1. The highest BCUT2D eigenvalue weighted by molar-refractivity contribution is 6.11. The van der Waals surface area contributed by atoms with Crippen LogP contribution >= 0.6 is 0 Å². The minimum absolute atomic E-state index is 0.156. The summed E-state index contributed by atoms with van der Waals surface area (Å²) in [5.41, 5.74) is -0.216. The molecule has 27 heavy (non-hydrogen) atoms. The van der Waals surface area contributed by atoms with Crippen molar-refractivity contribution in [3.63, 3.8) is 0 Å². The van der Waals surface area contributed by atoms with Gasteiger partial charge in [-0.1, -0.05) is 33.4 Å². The smallest absolute Gasteiger partial charge is 0.302 e. The number of esters is 1. The zero-order valence-electron chi connectivity index (χ0n) is 16.7. The van der Waals surface area contributed by atoms with E-state index in [1.807, 2.05) is 20.8 Å². The number of hydrogen-bond acceptors (Lipinski definition) is 5. The molecule has 3 rings (SSSR count). The minimum atomic E-state index is -0.940. The molecule has 3 aliphatic carbocycles. The molecule has 1 N–H and O–H groups in total. The minimum Gasteiger partial charge on any atom is -0.462 e. The number of ketones is 2. The Labute approximate surface area is 160 Å². The molecular formula is C22H30O5. The highest BCUT2D eigenvalue weighted by Gasteiger charge is 2.56. The van der Waals surface area contributed by atoms with Gasteiger partial charge < -0.3 is 9.84 Å². The molecule has 2 bridgehead atoms.